The van der Waals surface area contributed by atoms with Gasteiger partial charge in [-0.2, -0.15) is 0 Å². The molecule has 7 rings (SSSR count). The number of fused-ring (bicyclic) bond motifs is 6. The van der Waals surface area contributed by atoms with E-state index in [1.54, 1.807) is 0 Å². The average Bonchev–Trinajstić information content (AvgIpc) is 3.15. The van der Waals surface area contributed by atoms with E-state index in [0.717, 1.165) is 0 Å². The maximum atomic E-state index is 2.45. The first-order valence-corrected chi connectivity index (χ1v) is 12.6. The van der Waals surface area contributed by atoms with Crippen molar-refractivity contribution in [3.8, 4) is 11.1 Å². The van der Waals surface area contributed by atoms with Gasteiger partial charge in [0.25, 0.3) is 0 Å². The van der Waals surface area contributed by atoms with E-state index in [2.05, 4.69) is 146 Å². The van der Waals surface area contributed by atoms with Gasteiger partial charge in [-0.15, -0.1) is 0 Å². The number of hydrogen-bond donors (Lipinski definition) is 0. The van der Waals surface area contributed by atoms with Crippen molar-refractivity contribution < 1.29 is 0 Å². The van der Waals surface area contributed by atoms with Crippen molar-refractivity contribution in [1.29, 1.82) is 0 Å². The Morgan fingerprint density at radius 3 is 1.86 bits per heavy atom. The third-order valence-corrected chi connectivity index (χ3v) is 7.78. The molecule has 6 aromatic carbocycles. The molecule has 0 bridgehead atoms. The highest BCUT2D eigenvalue weighted by Crippen LogP contribution is 2.55. The summed E-state index contributed by atoms with van der Waals surface area (Å²) in [6.45, 7) is 4.76. The van der Waals surface area contributed by atoms with E-state index in [0.29, 0.717) is 0 Å². The monoisotopic (exact) mass is 461 g/mol. The van der Waals surface area contributed by atoms with Gasteiger partial charge in [-0.1, -0.05) is 98.8 Å². The van der Waals surface area contributed by atoms with Gasteiger partial charge in [0.15, 0.2) is 0 Å². The van der Waals surface area contributed by atoms with Gasteiger partial charge in [0.05, 0.1) is 5.69 Å². The second-order valence-electron chi connectivity index (χ2n) is 10.2. The normalized spacial score (nSPS) is 13.5. The second-order valence-corrected chi connectivity index (χ2v) is 10.2. The van der Waals surface area contributed by atoms with E-state index in [1.165, 1.54) is 60.9 Å². The fourth-order valence-electron chi connectivity index (χ4n) is 6.12. The SMILES string of the molecule is CC1(C)c2cc3c(ccc4ccccc43)cc2-c2cccc(N(c3ccccc3)c3ccccc3)c21. The Hall–Kier alpha value is -4.36. The van der Waals surface area contributed by atoms with Crippen LogP contribution in [0, 0.1) is 0 Å². The van der Waals surface area contributed by atoms with E-state index >= 15 is 0 Å². The van der Waals surface area contributed by atoms with Crippen molar-refractivity contribution in [2.45, 2.75) is 19.3 Å². The number of anilines is 3. The lowest BCUT2D eigenvalue weighted by molar-refractivity contribution is 0.661. The van der Waals surface area contributed by atoms with Crippen LogP contribution < -0.4 is 4.90 Å². The summed E-state index contributed by atoms with van der Waals surface area (Å²) in [6.07, 6.45) is 0. The van der Waals surface area contributed by atoms with Crippen LogP contribution in [0.3, 0.4) is 0 Å². The van der Waals surface area contributed by atoms with Crippen molar-refractivity contribution in [2.75, 3.05) is 4.90 Å². The molecule has 0 spiro atoms. The topological polar surface area (TPSA) is 3.24 Å². The van der Waals surface area contributed by atoms with Crippen LogP contribution in [0.25, 0.3) is 32.7 Å². The van der Waals surface area contributed by atoms with Crippen LogP contribution >= 0.6 is 0 Å². The Kier molecular flexibility index (Phi) is 4.56. The number of rotatable bonds is 3. The van der Waals surface area contributed by atoms with Crippen LogP contribution in [0.15, 0.2) is 127 Å². The molecule has 0 atom stereocenters. The Labute approximate surface area is 212 Å². The molecule has 6 aromatic rings. The zero-order valence-corrected chi connectivity index (χ0v) is 20.6. The number of nitrogens with zero attached hydrogens (tertiary/aromatic N) is 1. The largest absolute Gasteiger partial charge is 0.310 e. The summed E-state index contributed by atoms with van der Waals surface area (Å²) in [5.41, 5.74) is 8.89. The smallest absolute Gasteiger partial charge is 0.0508 e. The predicted octanol–water partition coefficient (Wildman–Crippen LogP) is 9.77. The maximum Gasteiger partial charge on any atom is 0.0508 e. The lowest BCUT2D eigenvalue weighted by Gasteiger charge is -2.32. The molecule has 1 aliphatic rings. The number of para-hydroxylation sites is 2. The van der Waals surface area contributed by atoms with Crippen LogP contribution in [0.4, 0.5) is 17.1 Å². The van der Waals surface area contributed by atoms with Crippen molar-refractivity contribution >= 4 is 38.6 Å². The van der Waals surface area contributed by atoms with Gasteiger partial charge in [0, 0.05) is 16.8 Å². The van der Waals surface area contributed by atoms with Crippen LogP contribution in [0.1, 0.15) is 25.0 Å². The molecule has 0 saturated heterocycles. The molecule has 0 saturated carbocycles. The summed E-state index contributed by atoms with van der Waals surface area (Å²) >= 11 is 0. The Balaban J connectivity index is 1.51. The first-order chi connectivity index (χ1) is 17.6. The fourth-order valence-corrected chi connectivity index (χ4v) is 6.12. The van der Waals surface area contributed by atoms with Crippen LogP contribution in [0.5, 0.6) is 0 Å². The molecular formula is C35H27N. The zero-order valence-electron chi connectivity index (χ0n) is 20.6. The van der Waals surface area contributed by atoms with Crippen molar-refractivity contribution in [2.24, 2.45) is 0 Å². The van der Waals surface area contributed by atoms with Crippen molar-refractivity contribution in [1.82, 2.24) is 0 Å². The average molecular weight is 462 g/mol. The number of hydrogen-bond acceptors (Lipinski definition) is 1. The second kappa shape index (κ2) is 7.83. The Morgan fingerprint density at radius 1 is 0.500 bits per heavy atom. The predicted molar refractivity (Wildman–Crippen MR) is 154 cm³/mol. The van der Waals surface area contributed by atoms with E-state index in [9.17, 15) is 0 Å². The van der Waals surface area contributed by atoms with Crippen LogP contribution in [-0.2, 0) is 5.41 Å². The first kappa shape index (κ1) is 21.0. The molecule has 172 valence electrons. The Morgan fingerprint density at radius 2 is 1.14 bits per heavy atom. The summed E-state index contributed by atoms with van der Waals surface area (Å²) < 4.78 is 0. The maximum absolute atomic E-state index is 2.45. The molecule has 1 nitrogen and oxygen atoms in total. The van der Waals surface area contributed by atoms with Crippen molar-refractivity contribution in [3.63, 3.8) is 0 Å². The number of benzene rings is 6. The molecule has 0 unspecified atom stereocenters. The third kappa shape index (κ3) is 3.03. The summed E-state index contributed by atoms with van der Waals surface area (Å²) in [6, 6.07) is 46.3. The van der Waals surface area contributed by atoms with Crippen LogP contribution in [-0.4, -0.2) is 0 Å². The van der Waals surface area contributed by atoms with Gasteiger partial charge in [-0.25, -0.2) is 0 Å². The molecule has 36 heavy (non-hydrogen) atoms. The minimum absolute atomic E-state index is 0.145. The molecule has 0 aromatic heterocycles. The van der Waals surface area contributed by atoms with Gasteiger partial charge in [-0.3, -0.25) is 0 Å². The zero-order chi connectivity index (χ0) is 24.3. The molecule has 0 aliphatic heterocycles. The molecule has 0 amide bonds. The lowest BCUT2D eigenvalue weighted by Crippen LogP contribution is -2.20. The summed E-state index contributed by atoms with van der Waals surface area (Å²) in [5, 5.41) is 5.24. The van der Waals surface area contributed by atoms with Gasteiger partial charge in [0.2, 0.25) is 0 Å². The van der Waals surface area contributed by atoms with E-state index < -0.39 is 0 Å². The van der Waals surface area contributed by atoms with Gasteiger partial charge in [0.1, 0.15) is 0 Å². The fraction of sp³-hybridized carbons (Fsp3) is 0.0857. The van der Waals surface area contributed by atoms with E-state index in [1.807, 2.05) is 0 Å². The summed E-state index contributed by atoms with van der Waals surface area (Å²) in [5.74, 6) is 0. The van der Waals surface area contributed by atoms with Crippen molar-refractivity contribution in [3.05, 3.63) is 139 Å². The molecule has 1 heteroatoms. The van der Waals surface area contributed by atoms with Gasteiger partial charge >= 0.3 is 0 Å². The summed E-state index contributed by atoms with van der Waals surface area (Å²) in [7, 11) is 0. The minimum Gasteiger partial charge on any atom is -0.310 e. The Bertz CT molecular complexity index is 1710. The first-order valence-electron chi connectivity index (χ1n) is 12.6. The van der Waals surface area contributed by atoms with Gasteiger partial charge < -0.3 is 4.90 Å². The minimum atomic E-state index is -0.145. The quantitative estimate of drug-likeness (QED) is 0.237. The highest BCUT2D eigenvalue weighted by atomic mass is 15.1. The molecule has 0 heterocycles. The highest BCUT2D eigenvalue weighted by Gasteiger charge is 2.39. The summed E-state index contributed by atoms with van der Waals surface area (Å²) in [4.78, 5) is 2.40. The van der Waals surface area contributed by atoms with E-state index in [-0.39, 0.29) is 5.41 Å². The molecule has 1 aliphatic carbocycles. The molecular weight excluding hydrogens is 434 g/mol. The lowest BCUT2D eigenvalue weighted by atomic mass is 9.80. The van der Waals surface area contributed by atoms with Gasteiger partial charge in [-0.05, 0) is 86.3 Å². The van der Waals surface area contributed by atoms with Crippen LogP contribution in [0.2, 0.25) is 0 Å². The standard InChI is InChI=1S/C35H27N/c1-35(2)32-23-30-25(21-20-24-12-9-10-17-28(24)30)22-31(32)29-18-11-19-33(34(29)35)36(26-13-5-3-6-14-26)27-15-7-4-8-16-27/h3-23H,1-2H3. The molecule has 0 radical (unpaired) electrons. The highest BCUT2D eigenvalue weighted by molar-refractivity contribution is 6.10. The molecule has 0 N–H and O–H groups in total. The third-order valence-electron chi connectivity index (χ3n) is 7.78. The molecule has 0 fully saturated rings. The van der Waals surface area contributed by atoms with E-state index in [4.69, 9.17) is 0 Å².